The summed E-state index contributed by atoms with van der Waals surface area (Å²) in [6, 6.07) is 5.88. The Bertz CT molecular complexity index is 335. The lowest BCUT2D eigenvalue weighted by atomic mass is 9.98. The highest BCUT2D eigenvalue weighted by Crippen LogP contribution is 2.28. The Morgan fingerprint density at radius 2 is 2.00 bits per heavy atom. The summed E-state index contributed by atoms with van der Waals surface area (Å²) >= 11 is 0. The Hall–Kier alpha value is -1.06. The van der Waals surface area contributed by atoms with Crippen molar-refractivity contribution in [3.05, 3.63) is 29.3 Å². The second kappa shape index (κ2) is 5.87. The zero-order valence-electron chi connectivity index (χ0n) is 10.5. The largest absolute Gasteiger partial charge is 0.496 e. The molecule has 2 N–H and O–H groups in total. The summed E-state index contributed by atoms with van der Waals surface area (Å²) in [4.78, 5) is 0. The number of aryl methyl sites for hydroxylation is 1. The molecule has 1 aromatic rings. The summed E-state index contributed by atoms with van der Waals surface area (Å²) < 4.78 is 10.7. The Labute approximate surface area is 97.6 Å². The molecule has 90 valence electrons. The molecule has 0 amide bonds. The molecule has 2 atom stereocenters. The number of nitrogens with two attached hydrogens (primary N) is 1. The average Bonchev–Trinajstić information content (AvgIpc) is 2.30. The molecule has 0 saturated heterocycles. The first kappa shape index (κ1) is 13.0. The molecule has 0 aromatic heterocycles. The first-order valence-corrected chi connectivity index (χ1v) is 5.57. The van der Waals surface area contributed by atoms with Crippen LogP contribution in [0.25, 0.3) is 0 Å². The molecule has 1 rings (SSSR count). The maximum atomic E-state index is 6.20. The van der Waals surface area contributed by atoms with Gasteiger partial charge in [-0.25, -0.2) is 0 Å². The fourth-order valence-electron chi connectivity index (χ4n) is 1.88. The Morgan fingerprint density at radius 3 is 2.50 bits per heavy atom. The zero-order chi connectivity index (χ0) is 12.1. The molecule has 3 nitrogen and oxygen atoms in total. The minimum Gasteiger partial charge on any atom is -0.496 e. The molecule has 0 bridgehead atoms. The van der Waals surface area contributed by atoms with Crippen LogP contribution < -0.4 is 10.5 Å². The van der Waals surface area contributed by atoms with Crippen molar-refractivity contribution >= 4 is 0 Å². The highest BCUT2D eigenvalue weighted by Gasteiger charge is 2.20. The Morgan fingerprint density at radius 1 is 1.31 bits per heavy atom. The SMILES string of the molecule is CCC(OC)C(N)c1cc(C)ccc1OC. The van der Waals surface area contributed by atoms with Gasteiger partial charge in [-0.05, 0) is 19.4 Å². The maximum absolute atomic E-state index is 6.20. The van der Waals surface area contributed by atoms with Crippen LogP contribution in [-0.2, 0) is 4.74 Å². The third-order valence-corrected chi connectivity index (χ3v) is 2.85. The van der Waals surface area contributed by atoms with E-state index in [1.54, 1.807) is 14.2 Å². The highest BCUT2D eigenvalue weighted by atomic mass is 16.5. The molecule has 0 spiro atoms. The van der Waals surface area contributed by atoms with Gasteiger partial charge in [0.15, 0.2) is 0 Å². The predicted octanol–water partition coefficient (Wildman–Crippen LogP) is 2.43. The molecular weight excluding hydrogens is 202 g/mol. The van der Waals surface area contributed by atoms with Crippen LogP contribution in [0.2, 0.25) is 0 Å². The summed E-state index contributed by atoms with van der Waals surface area (Å²) in [5.41, 5.74) is 8.39. The van der Waals surface area contributed by atoms with E-state index in [-0.39, 0.29) is 12.1 Å². The molecule has 16 heavy (non-hydrogen) atoms. The van der Waals surface area contributed by atoms with Gasteiger partial charge in [-0.3, -0.25) is 0 Å². The highest BCUT2D eigenvalue weighted by molar-refractivity contribution is 5.39. The van der Waals surface area contributed by atoms with E-state index in [2.05, 4.69) is 13.0 Å². The minimum atomic E-state index is -0.148. The van der Waals surface area contributed by atoms with Gasteiger partial charge in [0.25, 0.3) is 0 Å². The van der Waals surface area contributed by atoms with Gasteiger partial charge in [0.1, 0.15) is 5.75 Å². The second-order valence-corrected chi connectivity index (χ2v) is 3.95. The van der Waals surface area contributed by atoms with Crippen LogP contribution in [0, 0.1) is 6.92 Å². The maximum Gasteiger partial charge on any atom is 0.123 e. The van der Waals surface area contributed by atoms with E-state index in [1.165, 1.54) is 5.56 Å². The van der Waals surface area contributed by atoms with E-state index in [1.807, 2.05) is 19.1 Å². The summed E-state index contributed by atoms with van der Waals surface area (Å²) in [6.07, 6.45) is 0.907. The van der Waals surface area contributed by atoms with E-state index in [4.69, 9.17) is 15.2 Å². The van der Waals surface area contributed by atoms with Gasteiger partial charge in [-0.15, -0.1) is 0 Å². The molecule has 0 aliphatic carbocycles. The van der Waals surface area contributed by atoms with Gasteiger partial charge in [-0.2, -0.15) is 0 Å². The van der Waals surface area contributed by atoms with Crippen LogP contribution in [0.15, 0.2) is 18.2 Å². The molecule has 0 radical (unpaired) electrons. The lowest BCUT2D eigenvalue weighted by molar-refractivity contribution is 0.0764. The van der Waals surface area contributed by atoms with Crippen molar-refractivity contribution in [2.45, 2.75) is 32.4 Å². The molecule has 0 heterocycles. The number of hydrogen-bond acceptors (Lipinski definition) is 3. The molecule has 0 aliphatic rings. The molecular formula is C13H21NO2. The number of methoxy groups -OCH3 is 2. The van der Waals surface area contributed by atoms with Crippen molar-refractivity contribution in [1.29, 1.82) is 0 Å². The minimum absolute atomic E-state index is 0.0238. The second-order valence-electron chi connectivity index (χ2n) is 3.95. The van der Waals surface area contributed by atoms with Crippen molar-refractivity contribution in [1.82, 2.24) is 0 Å². The van der Waals surface area contributed by atoms with Crippen LogP contribution in [0.1, 0.15) is 30.5 Å². The zero-order valence-corrected chi connectivity index (χ0v) is 10.5. The van der Waals surface area contributed by atoms with Crippen molar-refractivity contribution in [3.63, 3.8) is 0 Å². The first-order valence-electron chi connectivity index (χ1n) is 5.57. The monoisotopic (exact) mass is 223 g/mol. The molecule has 0 saturated carbocycles. The van der Waals surface area contributed by atoms with Crippen LogP contribution >= 0.6 is 0 Å². The number of ether oxygens (including phenoxy) is 2. The van der Waals surface area contributed by atoms with Gasteiger partial charge in [0.05, 0.1) is 19.3 Å². The van der Waals surface area contributed by atoms with E-state index in [0.29, 0.717) is 0 Å². The van der Waals surface area contributed by atoms with E-state index < -0.39 is 0 Å². The van der Waals surface area contributed by atoms with Gasteiger partial charge in [0, 0.05) is 12.7 Å². The number of hydrogen-bond donors (Lipinski definition) is 1. The molecule has 3 heteroatoms. The van der Waals surface area contributed by atoms with Crippen molar-refractivity contribution < 1.29 is 9.47 Å². The third kappa shape index (κ3) is 2.74. The van der Waals surface area contributed by atoms with Crippen molar-refractivity contribution in [3.8, 4) is 5.75 Å². The van der Waals surface area contributed by atoms with Gasteiger partial charge >= 0.3 is 0 Å². The van der Waals surface area contributed by atoms with Crippen molar-refractivity contribution in [2.24, 2.45) is 5.73 Å². The summed E-state index contributed by atoms with van der Waals surface area (Å²) in [5.74, 6) is 0.827. The topological polar surface area (TPSA) is 44.5 Å². The van der Waals surface area contributed by atoms with E-state index in [0.717, 1.165) is 17.7 Å². The smallest absolute Gasteiger partial charge is 0.123 e. The summed E-state index contributed by atoms with van der Waals surface area (Å²) in [7, 11) is 3.35. The Balaban J connectivity index is 3.04. The first-order chi connectivity index (χ1) is 7.63. The van der Waals surface area contributed by atoms with Crippen LogP contribution in [0.3, 0.4) is 0 Å². The molecule has 0 aliphatic heterocycles. The average molecular weight is 223 g/mol. The van der Waals surface area contributed by atoms with Gasteiger partial charge in [0.2, 0.25) is 0 Å². The number of benzene rings is 1. The standard InChI is InChI=1S/C13H21NO2/c1-5-11(15-3)13(14)10-8-9(2)6-7-12(10)16-4/h6-8,11,13H,5,14H2,1-4H3. The van der Waals surface area contributed by atoms with Gasteiger partial charge < -0.3 is 15.2 Å². The van der Waals surface area contributed by atoms with E-state index in [9.17, 15) is 0 Å². The lowest BCUT2D eigenvalue weighted by Crippen LogP contribution is -2.27. The lowest BCUT2D eigenvalue weighted by Gasteiger charge is -2.23. The quantitative estimate of drug-likeness (QED) is 0.833. The third-order valence-electron chi connectivity index (χ3n) is 2.85. The Kier molecular flexibility index (Phi) is 4.77. The van der Waals surface area contributed by atoms with E-state index >= 15 is 0 Å². The number of rotatable bonds is 5. The summed E-state index contributed by atoms with van der Waals surface area (Å²) in [5, 5.41) is 0. The normalized spacial score (nSPS) is 14.6. The molecule has 1 aromatic carbocycles. The van der Waals surface area contributed by atoms with Gasteiger partial charge in [-0.1, -0.05) is 24.6 Å². The van der Waals surface area contributed by atoms with Crippen LogP contribution in [-0.4, -0.2) is 20.3 Å². The van der Waals surface area contributed by atoms with Crippen molar-refractivity contribution in [2.75, 3.05) is 14.2 Å². The van der Waals surface area contributed by atoms with Crippen LogP contribution in [0.5, 0.6) is 5.75 Å². The summed E-state index contributed by atoms with van der Waals surface area (Å²) in [6.45, 7) is 4.11. The predicted molar refractivity (Wildman–Crippen MR) is 65.7 cm³/mol. The van der Waals surface area contributed by atoms with Crippen LogP contribution in [0.4, 0.5) is 0 Å². The molecule has 2 unspecified atom stereocenters. The fraction of sp³-hybridized carbons (Fsp3) is 0.538. The molecule has 0 fully saturated rings. The fourth-order valence-corrected chi connectivity index (χ4v) is 1.88.